The summed E-state index contributed by atoms with van der Waals surface area (Å²) in [6.07, 6.45) is 15.9. The quantitative estimate of drug-likeness (QED) is 0.394. The van der Waals surface area contributed by atoms with Gasteiger partial charge in [0.05, 0.1) is 0 Å². The second kappa shape index (κ2) is 8.61. The van der Waals surface area contributed by atoms with E-state index in [1.807, 2.05) is 0 Å². The van der Waals surface area contributed by atoms with Crippen molar-refractivity contribution in [2.24, 2.45) is 5.92 Å². The third-order valence-electron chi connectivity index (χ3n) is 3.74. The lowest BCUT2D eigenvalue weighted by Crippen LogP contribution is -2.10. The van der Waals surface area contributed by atoms with Gasteiger partial charge in [-0.1, -0.05) is 74.2 Å². The molecular formula is C14H27Br. The fraction of sp³-hybridized carbons (Fsp3) is 1.00. The number of alkyl halides is 1. The zero-order valence-corrected chi connectivity index (χ0v) is 11.9. The Kier molecular flexibility index (Phi) is 7.78. The highest BCUT2D eigenvalue weighted by Gasteiger charge is 2.21. The molecule has 90 valence electrons. The SMILES string of the molecule is CCCCCCCCC(Br)C1CCCC1. The van der Waals surface area contributed by atoms with E-state index < -0.39 is 0 Å². The van der Waals surface area contributed by atoms with Crippen LogP contribution in [-0.2, 0) is 0 Å². The van der Waals surface area contributed by atoms with Gasteiger partial charge >= 0.3 is 0 Å². The first-order valence-corrected chi connectivity index (χ1v) is 7.90. The lowest BCUT2D eigenvalue weighted by molar-refractivity contribution is 0.481. The minimum absolute atomic E-state index is 0.825. The molecule has 1 aliphatic rings. The molecule has 1 unspecified atom stereocenters. The average molecular weight is 275 g/mol. The Labute approximate surface area is 104 Å². The van der Waals surface area contributed by atoms with Crippen LogP contribution in [0, 0.1) is 5.92 Å². The Morgan fingerprint density at radius 3 is 2.27 bits per heavy atom. The van der Waals surface area contributed by atoms with Gasteiger partial charge < -0.3 is 0 Å². The van der Waals surface area contributed by atoms with Crippen LogP contribution in [-0.4, -0.2) is 4.83 Å². The highest BCUT2D eigenvalue weighted by Crippen LogP contribution is 2.33. The summed E-state index contributed by atoms with van der Waals surface area (Å²) in [6.45, 7) is 2.29. The van der Waals surface area contributed by atoms with E-state index in [0.29, 0.717) is 0 Å². The molecule has 1 fully saturated rings. The zero-order chi connectivity index (χ0) is 10.9. The molecule has 0 spiro atoms. The molecule has 0 aromatic rings. The summed E-state index contributed by atoms with van der Waals surface area (Å²) in [5.41, 5.74) is 0. The molecule has 0 nitrogen and oxygen atoms in total. The molecule has 1 aliphatic carbocycles. The van der Waals surface area contributed by atoms with Crippen molar-refractivity contribution < 1.29 is 0 Å². The second-order valence-electron chi connectivity index (χ2n) is 5.12. The van der Waals surface area contributed by atoms with Gasteiger partial charge in [0.2, 0.25) is 0 Å². The second-order valence-corrected chi connectivity index (χ2v) is 6.29. The summed E-state index contributed by atoms with van der Waals surface area (Å²) >= 11 is 3.89. The lowest BCUT2D eigenvalue weighted by Gasteiger charge is -2.16. The summed E-state index contributed by atoms with van der Waals surface area (Å²) < 4.78 is 0. The predicted molar refractivity (Wildman–Crippen MR) is 72.7 cm³/mol. The van der Waals surface area contributed by atoms with Crippen LogP contribution in [0.1, 0.15) is 77.6 Å². The van der Waals surface area contributed by atoms with Crippen molar-refractivity contribution in [3.05, 3.63) is 0 Å². The molecule has 0 aliphatic heterocycles. The summed E-state index contributed by atoms with van der Waals surface area (Å²) in [6, 6.07) is 0. The van der Waals surface area contributed by atoms with Crippen LogP contribution in [0.4, 0.5) is 0 Å². The third kappa shape index (κ3) is 5.94. The Hall–Kier alpha value is 0.480. The van der Waals surface area contributed by atoms with Crippen molar-refractivity contribution in [1.82, 2.24) is 0 Å². The maximum Gasteiger partial charge on any atom is 0.0174 e. The van der Waals surface area contributed by atoms with Crippen LogP contribution >= 0.6 is 15.9 Å². The minimum atomic E-state index is 0.825. The fourth-order valence-electron chi connectivity index (χ4n) is 2.67. The van der Waals surface area contributed by atoms with Gasteiger partial charge in [-0.05, 0) is 25.2 Å². The topological polar surface area (TPSA) is 0 Å². The number of unbranched alkanes of at least 4 members (excludes halogenated alkanes) is 5. The molecule has 0 amide bonds. The predicted octanol–water partition coefficient (Wildman–Crippen LogP) is 5.69. The molecule has 15 heavy (non-hydrogen) atoms. The van der Waals surface area contributed by atoms with Crippen molar-refractivity contribution in [1.29, 1.82) is 0 Å². The van der Waals surface area contributed by atoms with Gasteiger partial charge in [-0.3, -0.25) is 0 Å². The smallest absolute Gasteiger partial charge is 0.0174 e. The minimum Gasteiger partial charge on any atom is -0.0888 e. The van der Waals surface area contributed by atoms with E-state index in [1.54, 1.807) is 0 Å². The molecule has 1 saturated carbocycles. The van der Waals surface area contributed by atoms with E-state index >= 15 is 0 Å². The normalized spacial score (nSPS) is 19.6. The van der Waals surface area contributed by atoms with Crippen LogP contribution in [0.5, 0.6) is 0 Å². The largest absolute Gasteiger partial charge is 0.0888 e. The molecule has 1 rings (SSSR count). The number of rotatable bonds is 8. The van der Waals surface area contributed by atoms with E-state index in [-0.39, 0.29) is 0 Å². The Balaban J connectivity index is 1.90. The van der Waals surface area contributed by atoms with E-state index in [9.17, 15) is 0 Å². The summed E-state index contributed by atoms with van der Waals surface area (Å²) in [5, 5.41) is 0. The van der Waals surface area contributed by atoms with E-state index in [4.69, 9.17) is 0 Å². The van der Waals surface area contributed by atoms with Crippen LogP contribution in [0.3, 0.4) is 0 Å². The van der Waals surface area contributed by atoms with Gasteiger partial charge in [0.25, 0.3) is 0 Å². The van der Waals surface area contributed by atoms with Crippen LogP contribution in [0.25, 0.3) is 0 Å². The molecule has 1 atom stereocenters. The van der Waals surface area contributed by atoms with Gasteiger partial charge in [0, 0.05) is 4.83 Å². The molecular weight excluding hydrogens is 248 g/mol. The first-order chi connectivity index (χ1) is 7.34. The molecule has 0 bridgehead atoms. The first-order valence-electron chi connectivity index (χ1n) is 6.98. The van der Waals surface area contributed by atoms with Gasteiger partial charge in [0.15, 0.2) is 0 Å². The summed E-state index contributed by atoms with van der Waals surface area (Å²) in [7, 11) is 0. The average Bonchev–Trinajstić information content (AvgIpc) is 2.76. The van der Waals surface area contributed by atoms with Gasteiger partial charge in [-0.2, -0.15) is 0 Å². The lowest BCUT2D eigenvalue weighted by atomic mass is 9.99. The maximum absolute atomic E-state index is 3.89. The fourth-order valence-corrected chi connectivity index (χ4v) is 3.53. The Bertz CT molecular complexity index is 138. The Morgan fingerprint density at radius 2 is 1.60 bits per heavy atom. The molecule has 0 aromatic heterocycles. The van der Waals surface area contributed by atoms with Crippen molar-refractivity contribution in [2.75, 3.05) is 0 Å². The number of halogens is 1. The maximum atomic E-state index is 3.89. The summed E-state index contributed by atoms with van der Waals surface area (Å²) in [5.74, 6) is 1.00. The molecule has 0 aromatic carbocycles. The van der Waals surface area contributed by atoms with Gasteiger partial charge in [0.1, 0.15) is 0 Å². The van der Waals surface area contributed by atoms with Crippen LogP contribution in [0.15, 0.2) is 0 Å². The standard InChI is InChI=1S/C14H27Br/c1-2-3-4-5-6-7-12-14(15)13-10-8-9-11-13/h13-14H,2-12H2,1H3. The molecule has 0 saturated heterocycles. The van der Waals surface area contributed by atoms with E-state index in [2.05, 4.69) is 22.9 Å². The van der Waals surface area contributed by atoms with Gasteiger partial charge in [-0.25, -0.2) is 0 Å². The monoisotopic (exact) mass is 274 g/mol. The van der Waals surface area contributed by atoms with Crippen molar-refractivity contribution in [3.63, 3.8) is 0 Å². The molecule has 0 N–H and O–H groups in total. The van der Waals surface area contributed by atoms with Crippen LogP contribution < -0.4 is 0 Å². The van der Waals surface area contributed by atoms with Crippen LogP contribution in [0.2, 0.25) is 0 Å². The summed E-state index contributed by atoms with van der Waals surface area (Å²) in [4.78, 5) is 0.825. The number of hydrogen-bond acceptors (Lipinski definition) is 0. The van der Waals surface area contributed by atoms with Gasteiger partial charge in [-0.15, -0.1) is 0 Å². The highest BCUT2D eigenvalue weighted by atomic mass is 79.9. The first kappa shape index (κ1) is 13.5. The molecule has 0 radical (unpaired) electrons. The van der Waals surface area contributed by atoms with Crippen molar-refractivity contribution in [3.8, 4) is 0 Å². The number of hydrogen-bond donors (Lipinski definition) is 0. The highest BCUT2D eigenvalue weighted by molar-refractivity contribution is 9.09. The molecule has 0 heterocycles. The van der Waals surface area contributed by atoms with E-state index in [0.717, 1.165) is 10.7 Å². The molecule has 1 heteroatoms. The third-order valence-corrected chi connectivity index (χ3v) is 4.95. The zero-order valence-electron chi connectivity index (χ0n) is 10.3. The Morgan fingerprint density at radius 1 is 1.00 bits per heavy atom. The van der Waals surface area contributed by atoms with E-state index in [1.165, 1.54) is 70.6 Å². The van der Waals surface area contributed by atoms with Crippen molar-refractivity contribution >= 4 is 15.9 Å². The van der Waals surface area contributed by atoms with Crippen molar-refractivity contribution in [2.45, 2.75) is 82.4 Å².